The summed E-state index contributed by atoms with van der Waals surface area (Å²) in [7, 11) is 0. The molecule has 1 aliphatic rings. The number of ether oxygens (including phenoxy) is 1. The SMILES string of the molecule is Cc1ccc(N2c3ccccc3Oc3ccccc32)c2nc(-c3ccc(C(F)(F)F)cc3)cc(-c3cccc4ccccc34)c12. The summed E-state index contributed by atoms with van der Waals surface area (Å²) in [6, 6.07) is 41.6. The molecule has 0 aliphatic carbocycles. The predicted molar refractivity (Wildman–Crippen MR) is 175 cm³/mol. The third kappa shape index (κ3) is 4.49. The Morgan fingerprint density at radius 3 is 1.98 bits per heavy atom. The molecule has 0 saturated heterocycles. The molecule has 0 saturated carbocycles. The van der Waals surface area contributed by atoms with Crippen LogP contribution in [-0.4, -0.2) is 4.98 Å². The van der Waals surface area contributed by atoms with Crippen LogP contribution in [0.3, 0.4) is 0 Å². The molecule has 1 aromatic heterocycles. The van der Waals surface area contributed by atoms with Crippen LogP contribution in [0.4, 0.5) is 30.2 Å². The molecule has 0 fully saturated rings. The summed E-state index contributed by atoms with van der Waals surface area (Å²) in [5.74, 6) is 1.44. The van der Waals surface area contributed by atoms with Crippen molar-refractivity contribution >= 4 is 38.7 Å². The van der Waals surface area contributed by atoms with E-state index < -0.39 is 11.7 Å². The fraction of sp³-hybridized carbons (Fsp3) is 0.0513. The lowest BCUT2D eigenvalue weighted by molar-refractivity contribution is -0.137. The topological polar surface area (TPSA) is 25.4 Å². The average Bonchev–Trinajstić information content (AvgIpc) is 3.06. The van der Waals surface area contributed by atoms with Crippen LogP contribution in [0.5, 0.6) is 11.5 Å². The van der Waals surface area contributed by atoms with Gasteiger partial charge in [0.05, 0.1) is 33.8 Å². The van der Waals surface area contributed by atoms with Crippen molar-refractivity contribution in [1.29, 1.82) is 0 Å². The number of anilines is 3. The minimum Gasteiger partial charge on any atom is -0.453 e. The van der Waals surface area contributed by atoms with Gasteiger partial charge in [-0.3, -0.25) is 0 Å². The van der Waals surface area contributed by atoms with Crippen LogP contribution >= 0.6 is 0 Å². The lowest BCUT2D eigenvalue weighted by atomic mass is 9.91. The first-order chi connectivity index (χ1) is 21.9. The molecular formula is C39H25F3N2O. The van der Waals surface area contributed by atoms with Gasteiger partial charge in [-0.1, -0.05) is 84.9 Å². The van der Waals surface area contributed by atoms with Gasteiger partial charge >= 0.3 is 6.18 Å². The molecule has 218 valence electrons. The van der Waals surface area contributed by atoms with Gasteiger partial charge in [-0.15, -0.1) is 0 Å². The van der Waals surface area contributed by atoms with E-state index in [-0.39, 0.29) is 0 Å². The zero-order valence-corrected chi connectivity index (χ0v) is 24.1. The van der Waals surface area contributed by atoms with Crippen molar-refractivity contribution in [2.45, 2.75) is 13.1 Å². The lowest BCUT2D eigenvalue weighted by Gasteiger charge is -2.33. The molecule has 6 aromatic carbocycles. The number of benzene rings is 6. The molecule has 0 N–H and O–H groups in total. The number of rotatable bonds is 3. The van der Waals surface area contributed by atoms with E-state index in [1.54, 1.807) is 0 Å². The zero-order chi connectivity index (χ0) is 30.7. The van der Waals surface area contributed by atoms with Crippen LogP contribution in [0.15, 0.2) is 133 Å². The van der Waals surface area contributed by atoms with Crippen molar-refractivity contribution in [3.05, 3.63) is 145 Å². The van der Waals surface area contributed by atoms with Crippen molar-refractivity contribution in [2.75, 3.05) is 4.90 Å². The molecule has 7 aromatic rings. The van der Waals surface area contributed by atoms with Gasteiger partial charge in [0.15, 0.2) is 11.5 Å². The van der Waals surface area contributed by atoms with Crippen molar-refractivity contribution in [3.8, 4) is 33.9 Å². The number of nitrogens with zero attached hydrogens (tertiary/aromatic N) is 2. The van der Waals surface area contributed by atoms with Gasteiger partial charge in [0.25, 0.3) is 0 Å². The Bertz CT molecular complexity index is 2210. The van der Waals surface area contributed by atoms with Crippen LogP contribution < -0.4 is 9.64 Å². The van der Waals surface area contributed by atoms with E-state index in [2.05, 4.69) is 48.2 Å². The summed E-state index contributed by atoms with van der Waals surface area (Å²) in [6.45, 7) is 2.07. The second-order valence-electron chi connectivity index (χ2n) is 11.2. The summed E-state index contributed by atoms with van der Waals surface area (Å²) in [5, 5.41) is 3.15. The minimum atomic E-state index is -4.43. The second-order valence-corrected chi connectivity index (χ2v) is 11.2. The first-order valence-electron chi connectivity index (χ1n) is 14.6. The maximum Gasteiger partial charge on any atom is 0.416 e. The van der Waals surface area contributed by atoms with Gasteiger partial charge < -0.3 is 9.64 Å². The predicted octanol–water partition coefficient (Wildman–Crippen LogP) is 11.6. The van der Waals surface area contributed by atoms with E-state index in [1.807, 2.05) is 72.8 Å². The Morgan fingerprint density at radius 2 is 1.27 bits per heavy atom. The number of aryl methyl sites for hydroxylation is 1. The molecule has 0 unspecified atom stereocenters. The number of fused-ring (bicyclic) bond motifs is 4. The molecule has 6 heteroatoms. The summed E-state index contributed by atoms with van der Waals surface area (Å²) in [4.78, 5) is 7.38. The van der Waals surface area contributed by atoms with E-state index in [0.717, 1.165) is 79.1 Å². The average molecular weight is 595 g/mol. The largest absolute Gasteiger partial charge is 0.453 e. The highest BCUT2D eigenvalue weighted by molar-refractivity contribution is 6.11. The molecule has 0 spiro atoms. The first kappa shape index (κ1) is 27.0. The van der Waals surface area contributed by atoms with E-state index >= 15 is 0 Å². The van der Waals surface area contributed by atoms with Crippen molar-refractivity contribution in [3.63, 3.8) is 0 Å². The highest BCUT2D eigenvalue weighted by atomic mass is 19.4. The molecule has 0 amide bonds. The molecule has 3 nitrogen and oxygen atoms in total. The number of alkyl halides is 3. The highest BCUT2D eigenvalue weighted by Gasteiger charge is 2.31. The molecular weight excluding hydrogens is 569 g/mol. The van der Waals surface area contributed by atoms with Crippen LogP contribution in [0.1, 0.15) is 11.1 Å². The third-order valence-corrected chi connectivity index (χ3v) is 8.41. The Kier molecular flexibility index (Phi) is 6.13. The lowest BCUT2D eigenvalue weighted by Crippen LogP contribution is -2.16. The number of aromatic nitrogens is 1. The molecule has 45 heavy (non-hydrogen) atoms. The second kappa shape index (κ2) is 10.2. The normalized spacial score (nSPS) is 12.6. The fourth-order valence-corrected chi connectivity index (χ4v) is 6.29. The molecule has 0 bridgehead atoms. The number of hydrogen-bond donors (Lipinski definition) is 0. The summed E-state index contributed by atoms with van der Waals surface area (Å²) in [5.41, 5.74) is 6.83. The van der Waals surface area contributed by atoms with E-state index in [0.29, 0.717) is 11.3 Å². The van der Waals surface area contributed by atoms with Crippen LogP contribution in [0.25, 0.3) is 44.1 Å². The van der Waals surface area contributed by atoms with Crippen molar-refractivity contribution in [2.24, 2.45) is 0 Å². The highest BCUT2D eigenvalue weighted by Crippen LogP contribution is 2.52. The fourth-order valence-electron chi connectivity index (χ4n) is 6.29. The van der Waals surface area contributed by atoms with Gasteiger partial charge in [0.1, 0.15) is 0 Å². The van der Waals surface area contributed by atoms with Gasteiger partial charge in [0.2, 0.25) is 0 Å². The summed E-state index contributed by atoms with van der Waals surface area (Å²) in [6.07, 6.45) is -4.43. The quantitative estimate of drug-likeness (QED) is 0.203. The number of para-hydroxylation sites is 4. The Balaban J connectivity index is 1.46. The molecule has 2 heterocycles. The van der Waals surface area contributed by atoms with Gasteiger partial charge in [-0.2, -0.15) is 13.2 Å². The maximum absolute atomic E-state index is 13.5. The molecule has 0 radical (unpaired) electrons. The van der Waals surface area contributed by atoms with Gasteiger partial charge in [0, 0.05) is 10.9 Å². The third-order valence-electron chi connectivity index (χ3n) is 8.41. The van der Waals surface area contributed by atoms with E-state index in [1.165, 1.54) is 12.1 Å². The van der Waals surface area contributed by atoms with Crippen molar-refractivity contribution in [1.82, 2.24) is 4.98 Å². The van der Waals surface area contributed by atoms with E-state index in [4.69, 9.17) is 9.72 Å². The smallest absolute Gasteiger partial charge is 0.416 e. The minimum absolute atomic E-state index is 0.584. The summed E-state index contributed by atoms with van der Waals surface area (Å²) >= 11 is 0. The monoisotopic (exact) mass is 594 g/mol. The van der Waals surface area contributed by atoms with Gasteiger partial charge in [-0.25, -0.2) is 4.98 Å². The van der Waals surface area contributed by atoms with Crippen LogP contribution in [0, 0.1) is 6.92 Å². The maximum atomic E-state index is 13.5. The number of pyridine rings is 1. The zero-order valence-electron chi connectivity index (χ0n) is 24.1. The Hall–Kier alpha value is -5.62. The Morgan fingerprint density at radius 1 is 0.622 bits per heavy atom. The van der Waals surface area contributed by atoms with Crippen LogP contribution in [-0.2, 0) is 6.18 Å². The standard InChI is InChI=1S/C39H25F3N2O/c1-24-17-22-34(44-32-13-4-6-15-35(32)45-36-16-7-5-14-33(36)44)38-37(24)30(29-12-8-10-25-9-2-3-11-28(25)29)23-31(43-38)26-18-20-27(21-19-26)39(40,41)42/h2-23H,1H3. The Labute approximate surface area is 257 Å². The molecule has 1 aliphatic heterocycles. The number of hydrogen-bond acceptors (Lipinski definition) is 3. The number of halogens is 3. The molecule has 0 atom stereocenters. The van der Waals surface area contributed by atoms with E-state index in [9.17, 15) is 13.2 Å². The first-order valence-corrected chi connectivity index (χ1v) is 14.6. The van der Waals surface area contributed by atoms with Crippen molar-refractivity contribution < 1.29 is 17.9 Å². The van der Waals surface area contributed by atoms with Crippen LogP contribution in [0.2, 0.25) is 0 Å². The summed E-state index contributed by atoms with van der Waals surface area (Å²) < 4.78 is 46.7. The van der Waals surface area contributed by atoms with Gasteiger partial charge in [-0.05, 0) is 82.9 Å². The molecule has 8 rings (SSSR count).